The molecule has 0 spiro atoms. The molecule has 1 heterocycles. The lowest BCUT2D eigenvalue weighted by molar-refractivity contribution is -0.139. The number of nitrogens with zero attached hydrogens (tertiary/aromatic N) is 3. The van der Waals surface area contributed by atoms with E-state index in [9.17, 15) is 23.1 Å². The molecule has 0 bridgehead atoms. The monoisotopic (exact) mass is 499 g/mol. The number of Topliss-reactive ketones (excluding diaryl/α,β-unsaturated/α-hetero) is 1. The van der Waals surface area contributed by atoms with Crippen molar-refractivity contribution in [3.63, 3.8) is 0 Å². The van der Waals surface area contributed by atoms with Gasteiger partial charge in [0.25, 0.3) is 11.7 Å². The molecule has 1 aliphatic heterocycles. The van der Waals surface area contributed by atoms with E-state index in [1.54, 1.807) is 0 Å². The highest BCUT2D eigenvalue weighted by molar-refractivity contribution is 7.89. The molecule has 9 heteroatoms. The molecular formula is C26H33N3O5S. The molecule has 1 unspecified atom stereocenters. The molecule has 1 amide bonds. The van der Waals surface area contributed by atoms with Crippen LogP contribution in [0.15, 0.2) is 59.0 Å². The van der Waals surface area contributed by atoms with Crippen LogP contribution in [0, 0.1) is 0 Å². The normalized spacial score (nSPS) is 18.1. The number of aliphatic hydroxyl groups excluding tert-OH is 1. The van der Waals surface area contributed by atoms with Gasteiger partial charge in [0.1, 0.15) is 5.76 Å². The zero-order valence-electron chi connectivity index (χ0n) is 20.9. The third kappa shape index (κ3) is 5.47. The Bertz CT molecular complexity index is 1230. The number of aryl methyl sites for hydroxylation is 1. The highest BCUT2D eigenvalue weighted by atomic mass is 32.2. The summed E-state index contributed by atoms with van der Waals surface area (Å²) < 4.78 is 26.3. The average molecular weight is 500 g/mol. The van der Waals surface area contributed by atoms with E-state index in [0.717, 1.165) is 22.8 Å². The number of hydrogen-bond acceptors (Lipinski definition) is 6. The van der Waals surface area contributed by atoms with Crippen molar-refractivity contribution in [3.05, 3.63) is 70.8 Å². The van der Waals surface area contributed by atoms with Gasteiger partial charge in [0.05, 0.1) is 16.5 Å². The molecule has 2 aromatic rings. The van der Waals surface area contributed by atoms with Gasteiger partial charge in [-0.2, -0.15) is 0 Å². The van der Waals surface area contributed by atoms with Gasteiger partial charge in [-0.1, -0.05) is 43.3 Å². The second-order valence-electron chi connectivity index (χ2n) is 9.06. The van der Waals surface area contributed by atoms with Crippen LogP contribution in [-0.4, -0.2) is 80.6 Å². The predicted octanol–water partition coefficient (Wildman–Crippen LogP) is 2.87. The molecule has 1 aliphatic rings. The molecule has 1 N–H and O–H groups in total. The lowest BCUT2D eigenvalue weighted by Gasteiger charge is -2.26. The van der Waals surface area contributed by atoms with E-state index >= 15 is 0 Å². The van der Waals surface area contributed by atoms with E-state index in [-0.39, 0.29) is 21.8 Å². The van der Waals surface area contributed by atoms with Crippen molar-refractivity contribution < 1.29 is 23.1 Å². The first kappa shape index (κ1) is 26.6. The first-order valence-electron chi connectivity index (χ1n) is 11.5. The van der Waals surface area contributed by atoms with Gasteiger partial charge >= 0.3 is 0 Å². The summed E-state index contributed by atoms with van der Waals surface area (Å²) >= 11 is 0. The second-order valence-corrected chi connectivity index (χ2v) is 11.2. The molecule has 0 aliphatic carbocycles. The molecule has 2 aromatic carbocycles. The molecule has 1 fully saturated rings. The maximum absolute atomic E-state index is 13.2. The van der Waals surface area contributed by atoms with Gasteiger partial charge in [-0.3, -0.25) is 9.59 Å². The number of aliphatic hydroxyl groups is 1. The van der Waals surface area contributed by atoms with Crippen LogP contribution >= 0.6 is 0 Å². The fourth-order valence-electron chi connectivity index (χ4n) is 4.12. The molecule has 3 rings (SSSR count). The lowest BCUT2D eigenvalue weighted by Crippen LogP contribution is -2.32. The van der Waals surface area contributed by atoms with E-state index in [1.807, 2.05) is 50.2 Å². The van der Waals surface area contributed by atoms with Crippen LogP contribution in [-0.2, 0) is 26.0 Å². The summed E-state index contributed by atoms with van der Waals surface area (Å²) in [5, 5.41) is 11.3. The summed E-state index contributed by atoms with van der Waals surface area (Å²) in [6.07, 6.45) is 1.50. The molecule has 0 saturated carbocycles. The maximum Gasteiger partial charge on any atom is 0.295 e. The molecule has 35 heavy (non-hydrogen) atoms. The summed E-state index contributed by atoms with van der Waals surface area (Å²) in [5.41, 5.74) is 1.95. The summed E-state index contributed by atoms with van der Waals surface area (Å²) in [5.74, 6) is -1.84. The van der Waals surface area contributed by atoms with Crippen LogP contribution in [0.3, 0.4) is 0 Å². The van der Waals surface area contributed by atoms with E-state index in [0.29, 0.717) is 18.5 Å². The van der Waals surface area contributed by atoms with Crippen molar-refractivity contribution >= 4 is 27.5 Å². The van der Waals surface area contributed by atoms with Crippen molar-refractivity contribution in [1.29, 1.82) is 0 Å². The molecule has 0 radical (unpaired) electrons. The van der Waals surface area contributed by atoms with Gasteiger partial charge in [-0.25, -0.2) is 12.7 Å². The van der Waals surface area contributed by atoms with Gasteiger partial charge in [0.15, 0.2) is 0 Å². The summed E-state index contributed by atoms with van der Waals surface area (Å²) in [6.45, 7) is 3.11. The third-order valence-corrected chi connectivity index (χ3v) is 7.95. The number of sulfonamides is 1. The van der Waals surface area contributed by atoms with Gasteiger partial charge in [0, 0.05) is 26.2 Å². The van der Waals surface area contributed by atoms with E-state index in [4.69, 9.17) is 0 Å². The molecule has 0 aromatic heterocycles. The van der Waals surface area contributed by atoms with Crippen LogP contribution in [0.1, 0.15) is 36.1 Å². The van der Waals surface area contributed by atoms with Crippen LogP contribution in [0.25, 0.3) is 5.76 Å². The van der Waals surface area contributed by atoms with Crippen LogP contribution in [0.4, 0.5) is 0 Å². The molecule has 1 saturated heterocycles. The zero-order valence-corrected chi connectivity index (χ0v) is 21.7. The van der Waals surface area contributed by atoms with Crippen molar-refractivity contribution in [2.45, 2.75) is 30.7 Å². The zero-order chi connectivity index (χ0) is 25.9. The highest BCUT2D eigenvalue weighted by Gasteiger charge is 2.45. The predicted molar refractivity (Wildman–Crippen MR) is 135 cm³/mol. The van der Waals surface area contributed by atoms with Crippen LogP contribution in [0.5, 0.6) is 0 Å². The Labute approximate surface area is 207 Å². The Morgan fingerprint density at radius 3 is 2.26 bits per heavy atom. The molecule has 188 valence electrons. The minimum Gasteiger partial charge on any atom is -0.507 e. The standard InChI is InChI=1S/C26H33N3O5S/c1-6-18-11-13-19(14-12-18)23-22(25(31)26(32)29(23)16-8-15-27(2)3)24(30)20-9-7-10-21(17-20)35(33,34)28(4)5/h7,9-14,17,23,30H,6,8,15-16H2,1-5H3. The van der Waals surface area contributed by atoms with E-state index in [2.05, 4.69) is 0 Å². The number of benzene rings is 2. The van der Waals surface area contributed by atoms with Crippen LogP contribution in [0.2, 0.25) is 0 Å². The van der Waals surface area contributed by atoms with Crippen LogP contribution < -0.4 is 0 Å². The summed E-state index contributed by atoms with van der Waals surface area (Å²) in [6, 6.07) is 12.6. The van der Waals surface area contributed by atoms with Gasteiger partial charge in [0.2, 0.25) is 10.0 Å². The first-order chi connectivity index (χ1) is 16.5. The fourth-order valence-corrected chi connectivity index (χ4v) is 5.07. The Morgan fingerprint density at radius 1 is 1.03 bits per heavy atom. The van der Waals surface area contributed by atoms with Crippen molar-refractivity contribution in [2.75, 3.05) is 41.3 Å². The number of ketones is 1. The topological polar surface area (TPSA) is 98.2 Å². The number of carbonyl (C=O) groups excluding carboxylic acids is 2. The maximum atomic E-state index is 13.2. The second kappa shape index (κ2) is 10.7. The largest absolute Gasteiger partial charge is 0.507 e. The molecular weight excluding hydrogens is 466 g/mol. The average Bonchev–Trinajstić information content (AvgIpc) is 3.08. The number of amides is 1. The summed E-state index contributed by atoms with van der Waals surface area (Å²) in [4.78, 5) is 29.7. The Kier molecular flexibility index (Phi) is 8.15. The minimum absolute atomic E-state index is 0.0180. The van der Waals surface area contributed by atoms with Gasteiger partial charge in [-0.05, 0) is 56.7 Å². The smallest absolute Gasteiger partial charge is 0.295 e. The number of rotatable bonds is 9. The number of carbonyl (C=O) groups is 2. The van der Waals surface area contributed by atoms with Gasteiger partial charge in [-0.15, -0.1) is 0 Å². The van der Waals surface area contributed by atoms with E-state index < -0.39 is 27.8 Å². The molecule has 1 atom stereocenters. The van der Waals surface area contributed by atoms with Crippen molar-refractivity contribution in [3.8, 4) is 0 Å². The lowest BCUT2D eigenvalue weighted by atomic mass is 9.94. The molecule has 8 nitrogen and oxygen atoms in total. The fraction of sp³-hybridized carbons (Fsp3) is 0.385. The third-order valence-electron chi connectivity index (χ3n) is 6.13. The van der Waals surface area contributed by atoms with Crippen molar-refractivity contribution in [1.82, 2.24) is 14.1 Å². The van der Waals surface area contributed by atoms with Crippen molar-refractivity contribution in [2.24, 2.45) is 0 Å². The SMILES string of the molecule is CCc1ccc(C2C(=C(O)c3cccc(S(=O)(=O)N(C)C)c3)C(=O)C(=O)N2CCCN(C)C)cc1. The quantitative estimate of drug-likeness (QED) is 0.324. The Hall–Kier alpha value is -3.01. The first-order valence-corrected chi connectivity index (χ1v) is 13.0. The Balaban J connectivity index is 2.14. The highest BCUT2D eigenvalue weighted by Crippen LogP contribution is 2.39. The number of hydrogen-bond donors (Lipinski definition) is 1. The van der Waals surface area contributed by atoms with Gasteiger partial charge < -0.3 is 14.9 Å². The number of likely N-dealkylation sites (tertiary alicyclic amines) is 1. The summed E-state index contributed by atoms with van der Waals surface area (Å²) in [7, 11) is 2.95. The van der Waals surface area contributed by atoms with E-state index in [1.165, 1.54) is 43.3 Å². The minimum atomic E-state index is -3.75. The Morgan fingerprint density at radius 2 is 1.69 bits per heavy atom.